The van der Waals surface area contributed by atoms with Crippen molar-refractivity contribution in [3.8, 4) is 11.5 Å². The monoisotopic (exact) mass is 306 g/mol. The summed E-state index contributed by atoms with van der Waals surface area (Å²) in [5.74, 6) is 1.18. The van der Waals surface area contributed by atoms with Crippen LogP contribution in [0.3, 0.4) is 0 Å². The number of benzene rings is 1. The van der Waals surface area contributed by atoms with Crippen LogP contribution < -0.4 is 20.5 Å². The van der Waals surface area contributed by atoms with E-state index in [4.69, 9.17) is 27.4 Å². The molecule has 2 aliphatic rings. The first-order valence-corrected chi connectivity index (χ1v) is 7.54. The van der Waals surface area contributed by atoms with Crippen molar-refractivity contribution in [1.82, 2.24) is 5.32 Å². The summed E-state index contributed by atoms with van der Waals surface area (Å²) in [4.78, 5) is 12.8. The van der Waals surface area contributed by atoms with Crippen LogP contribution in [0.25, 0.3) is 0 Å². The number of carbonyl (C=O) groups excluding carboxylic acids is 1. The van der Waals surface area contributed by atoms with Crippen LogP contribution in [0.15, 0.2) is 24.3 Å². The van der Waals surface area contributed by atoms with E-state index in [-0.39, 0.29) is 24.5 Å². The third kappa shape index (κ3) is 2.95. The van der Waals surface area contributed by atoms with E-state index in [9.17, 15) is 4.79 Å². The molecule has 3 N–H and O–H groups in total. The van der Waals surface area contributed by atoms with Crippen molar-refractivity contribution in [3.05, 3.63) is 24.3 Å². The topological polar surface area (TPSA) is 73.6 Å². The van der Waals surface area contributed by atoms with Crippen LogP contribution in [0.4, 0.5) is 0 Å². The van der Waals surface area contributed by atoms with Gasteiger partial charge < -0.3 is 20.5 Å². The second-order valence-corrected chi connectivity index (χ2v) is 5.89. The lowest BCUT2D eigenvalue weighted by Crippen LogP contribution is -2.50. The lowest BCUT2D eigenvalue weighted by atomic mass is 10.0. The van der Waals surface area contributed by atoms with Crippen molar-refractivity contribution in [3.63, 3.8) is 0 Å². The molecule has 1 amide bonds. The van der Waals surface area contributed by atoms with Crippen LogP contribution in [0.1, 0.15) is 19.3 Å². The number of para-hydroxylation sites is 2. The van der Waals surface area contributed by atoms with E-state index in [1.165, 1.54) is 0 Å². The molecule has 1 aliphatic heterocycles. The minimum Gasteiger partial charge on any atom is -0.485 e. The van der Waals surface area contributed by atoms with Crippen LogP contribution in [-0.2, 0) is 4.79 Å². The lowest BCUT2D eigenvalue weighted by Gasteiger charge is -2.28. The molecular formula is C15H18N2O3S. The van der Waals surface area contributed by atoms with Crippen LogP contribution >= 0.6 is 12.2 Å². The zero-order valence-corrected chi connectivity index (χ0v) is 12.4. The number of hydrogen-bond acceptors (Lipinski definition) is 4. The highest BCUT2D eigenvalue weighted by Crippen LogP contribution is 2.31. The van der Waals surface area contributed by atoms with Crippen molar-refractivity contribution >= 4 is 23.1 Å². The summed E-state index contributed by atoms with van der Waals surface area (Å²) >= 11 is 5.06. The highest BCUT2D eigenvalue weighted by Gasteiger charge is 2.34. The standard InChI is InChI=1S/C15H18N2O3S/c16-14(21)9-4-3-5-10(9)17-15(18)13-8-19-11-6-1-2-7-12(11)20-13/h1-2,6-7,9-10,13H,3-5,8H2,(H2,16,21)(H,17,18). The number of amides is 1. The maximum Gasteiger partial charge on any atom is 0.264 e. The van der Waals surface area contributed by atoms with Gasteiger partial charge in [-0.3, -0.25) is 4.79 Å². The molecule has 1 aromatic rings. The molecule has 1 fully saturated rings. The molecule has 0 spiro atoms. The Morgan fingerprint density at radius 3 is 2.81 bits per heavy atom. The van der Waals surface area contributed by atoms with E-state index in [1.807, 2.05) is 18.2 Å². The van der Waals surface area contributed by atoms with Gasteiger partial charge in [-0.2, -0.15) is 0 Å². The van der Waals surface area contributed by atoms with Gasteiger partial charge in [-0.05, 0) is 25.0 Å². The molecule has 0 radical (unpaired) electrons. The number of nitrogens with two attached hydrogens (primary N) is 1. The Kier molecular flexibility index (Phi) is 3.96. The molecule has 6 heteroatoms. The van der Waals surface area contributed by atoms with Crippen molar-refractivity contribution < 1.29 is 14.3 Å². The second kappa shape index (κ2) is 5.89. The summed E-state index contributed by atoms with van der Waals surface area (Å²) < 4.78 is 11.3. The van der Waals surface area contributed by atoms with Crippen molar-refractivity contribution in [2.45, 2.75) is 31.4 Å². The fourth-order valence-electron chi connectivity index (χ4n) is 2.90. The number of rotatable bonds is 3. The molecule has 1 heterocycles. The first-order chi connectivity index (χ1) is 10.1. The van der Waals surface area contributed by atoms with Crippen molar-refractivity contribution in [2.24, 2.45) is 11.7 Å². The quantitative estimate of drug-likeness (QED) is 0.826. The summed E-state index contributed by atoms with van der Waals surface area (Å²) in [5.41, 5.74) is 5.73. The van der Waals surface area contributed by atoms with Crippen LogP contribution in [0.2, 0.25) is 0 Å². The number of fused-ring (bicyclic) bond motifs is 1. The largest absolute Gasteiger partial charge is 0.485 e. The molecule has 112 valence electrons. The molecule has 0 bridgehead atoms. The van der Waals surface area contributed by atoms with Gasteiger partial charge in [0.1, 0.15) is 6.61 Å². The molecule has 21 heavy (non-hydrogen) atoms. The summed E-state index contributed by atoms with van der Waals surface area (Å²) in [5, 5.41) is 3.00. The smallest absolute Gasteiger partial charge is 0.264 e. The molecule has 1 aliphatic carbocycles. The maximum atomic E-state index is 12.3. The van der Waals surface area contributed by atoms with Gasteiger partial charge in [0.05, 0.1) is 4.99 Å². The molecule has 1 aromatic carbocycles. The Morgan fingerprint density at radius 2 is 2.05 bits per heavy atom. The van der Waals surface area contributed by atoms with E-state index in [0.29, 0.717) is 16.5 Å². The summed E-state index contributed by atoms with van der Waals surface area (Å²) in [6, 6.07) is 7.35. The predicted octanol–water partition coefficient (Wildman–Crippen LogP) is 1.40. The summed E-state index contributed by atoms with van der Waals surface area (Å²) in [6.07, 6.45) is 2.23. The zero-order valence-electron chi connectivity index (χ0n) is 11.6. The zero-order chi connectivity index (χ0) is 14.8. The summed E-state index contributed by atoms with van der Waals surface area (Å²) in [6.45, 7) is 0.216. The van der Waals surface area contributed by atoms with Gasteiger partial charge in [0.15, 0.2) is 11.5 Å². The average molecular weight is 306 g/mol. The van der Waals surface area contributed by atoms with Crippen LogP contribution in [0, 0.1) is 5.92 Å². The molecule has 3 rings (SSSR count). The Balaban J connectivity index is 1.63. The van der Waals surface area contributed by atoms with E-state index in [0.717, 1.165) is 19.3 Å². The number of nitrogens with one attached hydrogen (secondary N) is 1. The molecule has 0 saturated heterocycles. The van der Waals surface area contributed by atoms with Gasteiger partial charge >= 0.3 is 0 Å². The fraction of sp³-hybridized carbons (Fsp3) is 0.467. The maximum absolute atomic E-state index is 12.3. The van der Waals surface area contributed by atoms with E-state index >= 15 is 0 Å². The Morgan fingerprint density at radius 1 is 1.29 bits per heavy atom. The molecule has 3 unspecified atom stereocenters. The number of carbonyl (C=O) groups is 1. The van der Waals surface area contributed by atoms with Gasteiger partial charge in [0.2, 0.25) is 6.10 Å². The van der Waals surface area contributed by atoms with Crippen LogP contribution in [0.5, 0.6) is 11.5 Å². The van der Waals surface area contributed by atoms with Crippen molar-refractivity contribution in [1.29, 1.82) is 0 Å². The SMILES string of the molecule is NC(=S)C1CCCC1NC(=O)C1COc2ccccc2O1. The molecule has 5 nitrogen and oxygen atoms in total. The normalized spacial score (nSPS) is 27.1. The minimum atomic E-state index is -0.632. The molecule has 0 aromatic heterocycles. The Hall–Kier alpha value is -1.82. The molecule has 1 saturated carbocycles. The third-order valence-corrected chi connectivity index (χ3v) is 4.31. The highest BCUT2D eigenvalue weighted by atomic mass is 32.1. The van der Waals surface area contributed by atoms with Gasteiger partial charge in [-0.25, -0.2) is 0 Å². The average Bonchev–Trinajstić information content (AvgIpc) is 2.95. The van der Waals surface area contributed by atoms with E-state index in [2.05, 4.69) is 5.32 Å². The fourth-order valence-corrected chi connectivity index (χ4v) is 3.18. The minimum absolute atomic E-state index is 0.00997. The Bertz CT molecular complexity index is 564. The first-order valence-electron chi connectivity index (χ1n) is 7.13. The van der Waals surface area contributed by atoms with Crippen LogP contribution in [-0.4, -0.2) is 29.6 Å². The van der Waals surface area contributed by atoms with E-state index in [1.54, 1.807) is 6.07 Å². The van der Waals surface area contributed by atoms with Crippen molar-refractivity contribution in [2.75, 3.05) is 6.61 Å². The molecule has 3 atom stereocenters. The van der Waals surface area contributed by atoms with Gasteiger partial charge in [-0.15, -0.1) is 0 Å². The summed E-state index contributed by atoms with van der Waals surface area (Å²) in [7, 11) is 0. The number of hydrogen-bond donors (Lipinski definition) is 2. The first kappa shape index (κ1) is 14.1. The molecular weight excluding hydrogens is 288 g/mol. The van der Waals surface area contributed by atoms with Gasteiger partial charge in [0.25, 0.3) is 5.91 Å². The van der Waals surface area contributed by atoms with Gasteiger partial charge in [-0.1, -0.05) is 30.8 Å². The van der Waals surface area contributed by atoms with Gasteiger partial charge in [0, 0.05) is 12.0 Å². The third-order valence-electron chi connectivity index (χ3n) is 4.01. The highest BCUT2D eigenvalue weighted by molar-refractivity contribution is 7.80. The second-order valence-electron chi connectivity index (χ2n) is 5.42. The number of thiocarbonyl (C=S) groups is 1. The number of ether oxygens (including phenoxy) is 2. The lowest BCUT2D eigenvalue weighted by molar-refractivity contribution is -0.131. The predicted molar refractivity (Wildman–Crippen MR) is 82.4 cm³/mol. The van der Waals surface area contributed by atoms with E-state index < -0.39 is 6.10 Å². The Labute approximate surface area is 128 Å².